The molecule has 1 aromatic heterocycles. The minimum Gasteiger partial charge on any atom is -0.356 e. The third-order valence-corrected chi connectivity index (χ3v) is 7.06. The molecule has 0 radical (unpaired) electrons. The van der Waals surface area contributed by atoms with Crippen LogP contribution in [-0.2, 0) is 13.0 Å². The fraction of sp³-hybridized carbons (Fsp3) is 0.560. The summed E-state index contributed by atoms with van der Waals surface area (Å²) in [5, 5.41) is 0. The number of benzene rings is 1. The van der Waals surface area contributed by atoms with Gasteiger partial charge in [-0.15, -0.1) is 0 Å². The van der Waals surface area contributed by atoms with Gasteiger partial charge in [-0.1, -0.05) is 25.1 Å². The third-order valence-electron chi connectivity index (χ3n) is 7.06. The molecule has 0 aliphatic carbocycles. The van der Waals surface area contributed by atoms with Crippen molar-refractivity contribution in [1.29, 1.82) is 0 Å². The van der Waals surface area contributed by atoms with E-state index in [0.29, 0.717) is 13.1 Å². The first-order valence-electron chi connectivity index (χ1n) is 11.9. The third kappa shape index (κ3) is 4.25. The van der Waals surface area contributed by atoms with Crippen molar-refractivity contribution in [2.45, 2.75) is 52.0 Å². The summed E-state index contributed by atoms with van der Waals surface area (Å²) < 4.78 is 0. The van der Waals surface area contributed by atoms with Crippen molar-refractivity contribution in [3.8, 4) is 0 Å². The average Bonchev–Trinajstić information content (AvgIpc) is 2.84. The molecule has 0 bridgehead atoms. The van der Waals surface area contributed by atoms with Crippen LogP contribution in [0.3, 0.4) is 0 Å². The molecule has 0 atom stereocenters. The molecule has 164 valence electrons. The number of aromatic nitrogens is 2. The van der Waals surface area contributed by atoms with Crippen molar-refractivity contribution in [2.75, 3.05) is 42.5 Å². The lowest BCUT2D eigenvalue weighted by Gasteiger charge is -2.36. The second kappa shape index (κ2) is 8.85. The molecule has 1 amide bonds. The Morgan fingerprint density at radius 1 is 0.903 bits per heavy atom. The van der Waals surface area contributed by atoms with Crippen LogP contribution < -0.4 is 9.80 Å². The number of carbonyl (C=O) groups excluding carboxylic acids is 1. The van der Waals surface area contributed by atoms with Crippen molar-refractivity contribution in [1.82, 2.24) is 14.9 Å². The van der Waals surface area contributed by atoms with Crippen LogP contribution >= 0.6 is 0 Å². The van der Waals surface area contributed by atoms with Crippen molar-refractivity contribution in [3.63, 3.8) is 0 Å². The minimum absolute atomic E-state index is 0.102. The zero-order chi connectivity index (χ0) is 21.2. The predicted molar refractivity (Wildman–Crippen MR) is 124 cm³/mol. The minimum atomic E-state index is 0.102. The lowest BCUT2D eigenvalue weighted by Crippen LogP contribution is -2.40. The molecule has 3 aliphatic rings. The normalized spacial score (nSPS) is 20.0. The number of fused-ring (bicyclic) bond motifs is 1. The maximum atomic E-state index is 13.1. The van der Waals surface area contributed by atoms with E-state index < -0.39 is 0 Å². The largest absolute Gasteiger partial charge is 0.356 e. The number of carbonyl (C=O) groups is 1. The van der Waals surface area contributed by atoms with Gasteiger partial charge in [0.15, 0.2) is 0 Å². The molecule has 2 fully saturated rings. The molecule has 0 N–H and O–H groups in total. The van der Waals surface area contributed by atoms with Crippen molar-refractivity contribution in [3.05, 3.63) is 47.2 Å². The van der Waals surface area contributed by atoms with Crippen molar-refractivity contribution >= 4 is 17.7 Å². The van der Waals surface area contributed by atoms with Crippen LogP contribution in [0, 0.1) is 5.92 Å². The Hall–Kier alpha value is -2.63. The maximum Gasteiger partial charge on any atom is 0.254 e. The molecule has 2 aromatic rings. The SMILES string of the molecule is CC1CCN(c2nc3c(c(N4CCCCC4)n2)CN(C(=O)c2ccccc2)CC3)CC1. The molecule has 0 saturated carbocycles. The van der Waals surface area contributed by atoms with Gasteiger partial charge < -0.3 is 14.7 Å². The van der Waals surface area contributed by atoms with Gasteiger partial charge in [-0.05, 0) is 50.2 Å². The number of rotatable bonds is 3. The van der Waals surface area contributed by atoms with Gasteiger partial charge in [0.05, 0.1) is 12.2 Å². The van der Waals surface area contributed by atoms with E-state index in [0.717, 1.165) is 67.1 Å². The Morgan fingerprint density at radius 2 is 1.65 bits per heavy atom. The lowest BCUT2D eigenvalue weighted by molar-refractivity contribution is 0.0733. The van der Waals surface area contributed by atoms with Crippen LogP contribution in [0.4, 0.5) is 11.8 Å². The van der Waals surface area contributed by atoms with Crippen LogP contribution in [-0.4, -0.2) is 53.5 Å². The van der Waals surface area contributed by atoms with E-state index in [2.05, 4.69) is 16.7 Å². The second-order valence-corrected chi connectivity index (χ2v) is 9.33. The van der Waals surface area contributed by atoms with Gasteiger partial charge >= 0.3 is 0 Å². The van der Waals surface area contributed by atoms with Crippen molar-refractivity contribution in [2.24, 2.45) is 5.92 Å². The highest BCUT2D eigenvalue weighted by molar-refractivity contribution is 5.94. The van der Waals surface area contributed by atoms with Gasteiger partial charge in [0, 0.05) is 50.3 Å². The summed E-state index contributed by atoms with van der Waals surface area (Å²) in [5.41, 5.74) is 3.05. The molecule has 6 heteroatoms. The number of anilines is 2. The van der Waals surface area contributed by atoms with Crippen LogP contribution in [0.2, 0.25) is 0 Å². The first-order valence-corrected chi connectivity index (χ1v) is 11.9. The van der Waals surface area contributed by atoms with E-state index >= 15 is 0 Å². The standard InChI is InChI=1S/C25H33N5O/c1-19-10-15-29(16-11-19)25-26-22-12-17-30(24(31)20-8-4-2-5-9-20)18-21(22)23(27-25)28-13-6-3-7-14-28/h2,4-5,8-9,19H,3,6-7,10-18H2,1H3. The molecule has 4 heterocycles. The number of nitrogens with zero attached hydrogens (tertiary/aromatic N) is 5. The molecule has 1 aromatic carbocycles. The van der Waals surface area contributed by atoms with Gasteiger partial charge in [0.1, 0.15) is 5.82 Å². The Kier molecular flexibility index (Phi) is 5.79. The molecule has 6 nitrogen and oxygen atoms in total. The Morgan fingerprint density at radius 3 is 2.39 bits per heavy atom. The first kappa shape index (κ1) is 20.3. The second-order valence-electron chi connectivity index (χ2n) is 9.33. The summed E-state index contributed by atoms with van der Waals surface area (Å²) >= 11 is 0. The summed E-state index contributed by atoms with van der Waals surface area (Å²) in [6, 6.07) is 9.62. The fourth-order valence-corrected chi connectivity index (χ4v) is 5.04. The Bertz CT molecular complexity index is 917. The molecule has 2 saturated heterocycles. The zero-order valence-electron chi connectivity index (χ0n) is 18.6. The van der Waals surface area contributed by atoms with Crippen LogP contribution in [0.5, 0.6) is 0 Å². The van der Waals surface area contributed by atoms with E-state index in [9.17, 15) is 4.79 Å². The quantitative estimate of drug-likeness (QED) is 0.755. The van der Waals surface area contributed by atoms with Crippen LogP contribution in [0.1, 0.15) is 60.6 Å². The summed E-state index contributed by atoms with van der Waals surface area (Å²) in [5.74, 6) is 2.86. The van der Waals surface area contributed by atoms with Gasteiger partial charge in [0.2, 0.25) is 5.95 Å². The monoisotopic (exact) mass is 419 g/mol. The van der Waals surface area contributed by atoms with E-state index in [1.165, 1.54) is 32.1 Å². The number of amides is 1. The van der Waals surface area contributed by atoms with E-state index in [1.807, 2.05) is 35.2 Å². The highest BCUT2D eigenvalue weighted by Gasteiger charge is 2.30. The highest BCUT2D eigenvalue weighted by Crippen LogP contribution is 2.32. The van der Waals surface area contributed by atoms with Gasteiger partial charge in [-0.3, -0.25) is 4.79 Å². The predicted octanol–water partition coefficient (Wildman–Crippen LogP) is 3.90. The summed E-state index contributed by atoms with van der Waals surface area (Å²) in [7, 11) is 0. The molecule has 0 spiro atoms. The van der Waals surface area contributed by atoms with Crippen LogP contribution in [0.25, 0.3) is 0 Å². The topological polar surface area (TPSA) is 52.6 Å². The fourth-order valence-electron chi connectivity index (χ4n) is 5.04. The molecule has 0 unspecified atom stereocenters. The van der Waals surface area contributed by atoms with Crippen LogP contribution in [0.15, 0.2) is 30.3 Å². The molecule has 3 aliphatic heterocycles. The van der Waals surface area contributed by atoms with Gasteiger partial charge in [-0.2, -0.15) is 4.98 Å². The summed E-state index contributed by atoms with van der Waals surface area (Å²) in [6.07, 6.45) is 6.93. The lowest BCUT2D eigenvalue weighted by atomic mass is 9.99. The Balaban J connectivity index is 1.46. The molecule has 31 heavy (non-hydrogen) atoms. The number of hydrogen-bond acceptors (Lipinski definition) is 5. The highest BCUT2D eigenvalue weighted by atomic mass is 16.2. The number of piperidine rings is 2. The maximum absolute atomic E-state index is 13.1. The van der Waals surface area contributed by atoms with Crippen molar-refractivity contribution < 1.29 is 4.79 Å². The van der Waals surface area contributed by atoms with E-state index in [-0.39, 0.29) is 5.91 Å². The molecule has 5 rings (SSSR count). The van der Waals surface area contributed by atoms with Gasteiger partial charge in [0.25, 0.3) is 5.91 Å². The van der Waals surface area contributed by atoms with Gasteiger partial charge in [-0.25, -0.2) is 4.98 Å². The Labute approximate surface area is 185 Å². The molecular weight excluding hydrogens is 386 g/mol. The number of hydrogen-bond donors (Lipinski definition) is 0. The smallest absolute Gasteiger partial charge is 0.254 e. The summed E-state index contributed by atoms with van der Waals surface area (Å²) in [4.78, 5) is 30.0. The van der Waals surface area contributed by atoms with E-state index in [4.69, 9.17) is 9.97 Å². The molecular formula is C25H33N5O. The summed E-state index contributed by atoms with van der Waals surface area (Å²) in [6.45, 7) is 7.83. The van der Waals surface area contributed by atoms with E-state index in [1.54, 1.807) is 0 Å². The zero-order valence-corrected chi connectivity index (χ0v) is 18.6. The average molecular weight is 420 g/mol. The first-order chi connectivity index (χ1) is 15.2.